The van der Waals surface area contributed by atoms with Crippen LogP contribution in [0.25, 0.3) is 0 Å². The lowest BCUT2D eigenvalue weighted by molar-refractivity contribution is 0.0247. The molecule has 31 heavy (non-hydrogen) atoms. The average molecular weight is 463 g/mol. The Kier molecular flexibility index (Phi) is 7.78. The van der Waals surface area contributed by atoms with Crippen molar-refractivity contribution in [3.05, 3.63) is 46.6 Å². The zero-order valence-corrected chi connectivity index (χ0v) is 19.7. The average Bonchev–Trinajstić information content (AvgIpc) is 2.79. The molecule has 0 bridgehead atoms. The Labute approximate surface area is 194 Å². The molecule has 2 saturated heterocycles. The first-order valence-electron chi connectivity index (χ1n) is 10.7. The molecule has 0 saturated carbocycles. The number of aryl methyl sites for hydroxylation is 2. The summed E-state index contributed by atoms with van der Waals surface area (Å²) >= 11 is 9.60. The Morgan fingerprint density at radius 3 is 1.68 bits per heavy atom. The highest BCUT2D eigenvalue weighted by Gasteiger charge is 2.24. The molecule has 2 aliphatic heterocycles. The van der Waals surface area contributed by atoms with E-state index in [9.17, 15) is 0 Å². The summed E-state index contributed by atoms with van der Waals surface area (Å²) in [6.45, 7) is 8.53. The number of morpholine rings is 2. The molecule has 2 aromatic rings. The molecule has 2 aliphatic rings. The van der Waals surface area contributed by atoms with Crippen molar-refractivity contribution in [2.75, 3.05) is 39.4 Å². The molecule has 8 nitrogen and oxygen atoms in total. The van der Waals surface area contributed by atoms with Crippen molar-refractivity contribution in [1.82, 2.24) is 30.6 Å². The highest BCUT2D eigenvalue weighted by atomic mass is 32.1. The highest BCUT2D eigenvalue weighted by Crippen LogP contribution is 2.33. The molecule has 4 rings (SSSR count). The van der Waals surface area contributed by atoms with Gasteiger partial charge in [0.2, 0.25) is 0 Å². The van der Waals surface area contributed by atoms with Gasteiger partial charge in [0.05, 0.1) is 35.1 Å². The molecule has 2 N–H and O–H groups in total. The molecule has 2 aromatic heterocycles. The molecule has 2 fully saturated rings. The van der Waals surface area contributed by atoms with Crippen molar-refractivity contribution >= 4 is 25.3 Å². The van der Waals surface area contributed by atoms with Crippen molar-refractivity contribution in [2.45, 2.75) is 43.0 Å². The van der Waals surface area contributed by atoms with Gasteiger partial charge in [0.1, 0.15) is 23.9 Å². The van der Waals surface area contributed by atoms with Crippen LogP contribution in [0.3, 0.4) is 0 Å². The summed E-state index contributed by atoms with van der Waals surface area (Å²) in [4.78, 5) is 18.7. The van der Waals surface area contributed by atoms with E-state index in [1.807, 2.05) is 26.0 Å². The van der Waals surface area contributed by atoms with Gasteiger partial charge in [-0.1, -0.05) is 0 Å². The van der Waals surface area contributed by atoms with Crippen LogP contribution in [0.5, 0.6) is 0 Å². The van der Waals surface area contributed by atoms with E-state index in [-0.39, 0.29) is 22.7 Å². The van der Waals surface area contributed by atoms with E-state index >= 15 is 0 Å². The first kappa shape index (κ1) is 22.9. The van der Waals surface area contributed by atoms with Crippen LogP contribution >= 0.6 is 25.3 Å². The Bertz CT molecular complexity index is 819. The van der Waals surface area contributed by atoms with Crippen LogP contribution < -0.4 is 10.6 Å². The number of aromatic nitrogens is 4. The van der Waals surface area contributed by atoms with Gasteiger partial charge >= 0.3 is 0 Å². The van der Waals surface area contributed by atoms with Crippen molar-refractivity contribution in [2.24, 2.45) is 0 Å². The largest absolute Gasteiger partial charge is 0.369 e. The van der Waals surface area contributed by atoms with Crippen LogP contribution in [0, 0.1) is 13.8 Å². The summed E-state index contributed by atoms with van der Waals surface area (Å²) in [5.74, 6) is 1.36. The van der Waals surface area contributed by atoms with Crippen LogP contribution in [0.4, 0.5) is 0 Å². The SMILES string of the molecule is Cc1cc(C2CNCCO2)nc(C(S)CC(S)c2nc(C)cc(C3CNCCO3)n2)n1. The number of hydrogen-bond donors (Lipinski definition) is 4. The second-order valence-corrected chi connectivity index (χ2v) is 9.23. The fraction of sp³-hybridized carbons (Fsp3) is 0.619. The molecule has 0 aromatic carbocycles. The van der Waals surface area contributed by atoms with Gasteiger partial charge in [-0.15, -0.1) is 0 Å². The second kappa shape index (κ2) is 10.5. The van der Waals surface area contributed by atoms with Crippen molar-refractivity contribution in [1.29, 1.82) is 0 Å². The van der Waals surface area contributed by atoms with E-state index in [0.29, 0.717) is 31.3 Å². The van der Waals surface area contributed by atoms with E-state index in [1.165, 1.54) is 0 Å². The third-order valence-electron chi connectivity index (χ3n) is 5.34. The predicted octanol–water partition coefficient (Wildman–Crippen LogP) is 2.24. The lowest BCUT2D eigenvalue weighted by Gasteiger charge is -2.25. The predicted molar refractivity (Wildman–Crippen MR) is 125 cm³/mol. The Balaban J connectivity index is 1.49. The summed E-state index contributed by atoms with van der Waals surface area (Å²) in [6.07, 6.45) is 0.479. The monoisotopic (exact) mass is 462 g/mol. The van der Waals surface area contributed by atoms with Crippen molar-refractivity contribution < 1.29 is 9.47 Å². The van der Waals surface area contributed by atoms with Crippen LogP contribution in [-0.4, -0.2) is 59.3 Å². The minimum Gasteiger partial charge on any atom is -0.369 e. The Hall–Kier alpha value is -1.30. The number of nitrogens with one attached hydrogen (secondary N) is 2. The summed E-state index contributed by atoms with van der Waals surface area (Å²) in [5.41, 5.74) is 3.58. The number of rotatable bonds is 6. The maximum atomic E-state index is 5.86. The van der Waals surface area contributed by atoms with Crippen LogP contribution in [0.1, 0.15) is 63.6 Å². The van der Waals surface area contributed by atoms with E-state index in [1.54, 1.807) is 0 Å². The second-order valence-electron chi connectivity index (χ2n) is 7.98. The van der Waals surface area contributed by atoms with Gasteiger partial charge in [-0.25, -0.2) is 19.9 Å². The highest BCUT2D eigenvalue weighted by molar-refractivity contribution is 7.81. The fourth-order valence-corrected chi connectivity index (χ4v) is 4.61. The van der Waals surface area contributed by atoms with Crippen LogP contribution in [-0.2, 0) is 9.47 Å². The molecule has 0 aliphatic carbocycles. The standard InChI is InChI=1S/C21H30N6O2S2/c1-12-7-14(16-10-22-3-5-28-16)26-20(24-12)18(30)9-19(31)21-25-13(2)8-15(27-21)17-11-23-4-6-29-17/h7-8,16-19,22-23,30-31H,3-6,9-11H2,1-2H3. The summed E-state index contributed by atoms with van der Waals surface area (Å²) < 4.78 is 11.7. The van der Waals surface area contributed by atoms with Gasteiger partial charge in [0, 0.05) is 37.6 Å². The first-order chi connectivity index (χ1) is 15.0. The normalized spacial score (nSPS) is 24.0. The molecule has 4 unspecified atom stereocenters. The zero-order chi connectivity index (χ0) is 21.8. The van der Waals surface area contributed by atoms with E-state index in [4.69, 9.17) is 44.7 Å². The van der Waals surface area contributed by atoms with E-state index < -0.39 is 0 Å². The molecule has 4 heterocycles. The number of nitrogens with zero attached hydrogens (tertiary/aromatic N) is 4. The quantitative estimate of drug-likeness (QED) is 0.486. The van der Waals surface area contributed by atoms with Crippen molar-refractivity contribution in [3.63, 3.8) is 0 Å². The van der Waals surface area contributed by atoms with Gasteiger partial charge in [0.25, 0.3) is 0 Å². The molecule has 4 atom stereocenters. The lowest BCUT2D eigenvalue weighted by Crippen LogP contribution is -2.34. The first-order valence-corrected chi connectivity index (χ1v) is 11.7. The van der Waals surface area contributed by atoms with Crippen LogP contribution in [0.15, 0.2) is 12.1 Å². The maximum Gasteiger partial charge on any atom is 0.141 e. The molecule has 10 heteroatoms. The molecule has 0 radical (unpaired) electrons. The van der Waals surface area contributed by atoms with Gasteiger partial charge in [-0.3, -0.25) is 0 Å². The van der Waals surface area contributed by atoms with Gasteiger partial charge in [-0.05, 0) is 32.4 Å². The lowest BCUT2D eigenvalue weighted by atomic mass is 10.1. The third-order valence-corrected chi connectivity index (χ3v) is 6.22. The van der Waals surface area contributed by atoms with E-state index in [0.717, 1.165) is 49.0 Å². The van der Waals surface area contributed by atoms with Gasteiger partial charge in [-0.2, -0.15) is 25.3 Å². The molecular formula is C21H30N6O2S2. The molecule has 0 spiro atoms. The number of ether oxygens (including phenoxy) is 2. The summed E-state index contributed by atoms with van der Waals surface area (Å²) in [6, 6.07) is 3.96. The fourth-order valence-electron chi connectivity index (χ4n) is 3.79. The summed E-state index contributed by atoms with van der Waals surface area (Å²) in [7, 11) is 0. The smallest absolute Gasteiger partial charge is 0.141 e. The van der Waals surface area contributed by atoms with Gasteiger partial charge < -0.3 is 20.1 Å². The molecular weight excluding hydrogens is 432 g/mol. The van der Waals surface area contributed by atoms with E-state index in [2.05, 4.69) is 20.6 Å². The summed E-state index contributed by atoms with van der Waals surface area (Å²) in [5, 5.41) is 6.30. The van der Waals surface area contributed by atoms with Gasteiger partial charge in [0.15, 0.2) is 0 Å². The number of thiol groups is 2. The minimum absolute atomic E-state index is 0.0618. The number of hydrogen-bond acceptors (Lipinski definition) is 10. The topological polar surface area (TPSA) is 94.1 Å². The zero-order valence-electron chi connectivity index (χ0n) is 17.9. The minimum atomic E-state index is -0.196. The Morgan fingerprint density at radius 1 is 0.839 bits per heavy atom. The third kappa shape index (κ3) is 5.94. The van der Waals surface area contributed by atoms with Crippen molar-refractivity contribution in [3.8, 4) is 0 Å². The maximum absolute atomic E-state index is 5.86. The van der Waals surface area contributed by atoms with Crippen LogP contribution in [0.2, 0.25) is 0 Å². The Morgan fingerprint density at radius 2 is 1.29 bits per heavy atom. The molecule has 168 valence electrons. The molecule has 0 amide bonds.